The zero-order valence-corrected chi connectivity index (χ0v) is 8.08. The van der Waals surface area contributed by atoms with Crippen molar-refractivity contribution in [2.45, 2.75) is 32.8 Å². The van der Waals surface area contributed by atoms with Gasteiger partial charge in [0.1, 0.15) is 0 Å². The van der Waals surface area contributed by atoms with Crippen LogP contribution in [0.3, 0.4) is 0 Å². The second kappa shape index (κ2) is 8.97. The summed E-state index contributed by atoms with van der Waals surface area (Å²) in [5, 5.41) is 8.85. The van der Waals surface area contributed by atoms with E-state index >= 15 is 0 Å². The highest BCUT2D eigenvalue weighted by Gasteiger charge is 2.04. The van der Waals surface area contributed by atoms with E-state index in [2.05, 4.69) is 6.92 Å². The molecule has 0 bridgehead atoms. The molecule has 0 rings (SSSR count). The van der Waals surface area contributed by atoms with E-state index in [-0.39, 0.29) is 12.7 Å². The average molecular weight is 176 g/mol. The van der Waals surface area contributed by atoms with Crippen LogP contribution in [-0.2, 0) is 9.47 Å². The van der Waals surface area contributed by atoms with Gasteiger partial charge in [-0.15, -0.1) is 0 Å². The van der Waals surface area contributed by atoms with Crippen LogP contribution in [0, 0.1) is 0 Å². The second-order valence-electron chi connectivity index (χ2n) is 2.66. The van der Waals surface area contributed by atoms with E-state index in [1.54, 1.807) is 0 Å². The van der Waals surface area contributed by atoms with Gasteiger partial charge in [-0.25, -0.2) is 0 Å². The highest BCUT2D eigenvalue weighted by atomic mass is 16.5. The monoisotopic (exact) mass is 176 g/mol. The number of hydrogen-bond acceptors (Lipinski definition) is 3. The molecule has 1 atom stereocenters. The lowest BCUT2D eigenvalue weighted by Gasteiger charge is -2.13. The van der Waals surface area contributed by atoms with Crippen molar-refractivity contribution in [3.8, 4) is 0 Å². The average Bonchev–Trinajstić information content (AvgIpc) is 2.10. The molecule has 12 heavy (non-hydrogen) atoms. The third-order valence-corrected chi connectivity index (χ3v) is 1.60. The van der Waals surface area contributed by atoms with Gasteiger partial charge in [0.15, 0.2) is 0 Å². The zero-order chi connectivity index (χ0) is 9.23. The van der Waals surface area contributed by atoms with Crippen molar-refractivity contribution in [3.05, 3.63) is 0 Å². The van der Waals surface area contributed by atoms with Gasteiger partial charge in [-0.05, 0) is 13.3 Å². The number of aliphatic hydroxyl groups is 1. The molecule has 74 valence electrons. The summed E-state index contributed by atoms with van der Waals surface area (Å²) >= 11 is 0. The minimum atomic E-state index is -0.00421. The van der Waals surface area contributed by atoms with E-state index < -0.39 is 0 Å². The van der Waals surface area contributed by atoms with E-state index in [0.29, 0.717) is 13.2 Å². The third-order valence-electron chi connectivity index (χ3n) is 1.60. The second-order valence-corrected chi connectivity index (χ2v) is 2.66. The molecule has 1 N–H and O–H groups in total. The predicted molar refractivity (Wildman–Crippen MR) is 48.2 cm³/mol. The Hall–Kier alpha value is -0.120. The van der Waals surface area contributed by atoms with Crippen molar-refractivity contribution >= 4 is 0 Å². The van der Waals surface area contributed by atoms with Gasteiger partial charge in [-0.2, -0.15) is 0 Å². The summed E-state index contributed by atoms with van der Waals surface area (Å²) in [7, 11) is 0. The highest BCUT2D eigenvalue weighted by molar-refractivity contribution is 4.53. The van der Waals surface area contributed by atoms with Crippen LogP contribution >= 0.6 is 0 Å². The Morgan fingerprint density at radius 2 is 2.00 bits per heavy atom. The molecule has 3 nitrogen and oxygen atoms in total. The van der Waals surface area contributed by atoms with Gasteiger partial charge in [0.05, 0.1) is 25.9 Å². The Morgan fingerprint density at radius 3 is 2.50 bits per heavy atom. The van der Waals surface area contributed by atoms with Crippen molar-refractivity contribution in [1.29, 1.82) is 0 Å². The first-order chi connectivity index (χ1) is 5.85. The molecular weight excluding hydrogens is 156 g/mol. The molecule has 0 saturated carbocycles. The first-order valence-electron chi connectivity index (χ1n) is 4.65. The maximum atomic E-state index is 8.85. The van der Waals surface area contributed by atoms with Crippen LogP contribution in [0.5, 0.6) is 0 Å². The SMILES string of the molecule is CCCC(CO)OCCOCC. The lowest BCUT2D eigenvalue weighted by molar-refractivity contribution is -0.0209. The summed E-state index contributed by atoms with van der Waals surface area (Å²) in [6.45, 7) is 6.07. The molecule has 0 radical (unpaired) electrons. The summed E-state index contributed by atoms with van der Waals surface area (Å²) in [5.74, 6) is 0. The summed E-state index contributed by atoms with van der Waals surface area (Å²) in [5.41, 5.74) is 0. The summed E-state index contributed by atoms with van der Waals surface area (Å²) < 4.78 is 10.5. The fourth-order valence-electron chi connectivity index (χ4n) is 0.967. The van der Waals surface area contributed by atoms with Gasteiger partial charge in [0, 0.05) is 6.61 Å². The van der Waals surface area contributed by atoms with E-state index in [1.165, 1.54) is 0 Å². The lowest BCUT2D eigenvalue weighted by Crippen LogP contribution is -2.19. The van der Waals surface area contributed by atoms with Gasteiger partial charge in [-0.1, -0.05) is 13.3 Å². The minimum absolute atomic E-state index is 0.00421. The van der Waals surface area contributed by atoms with Crippen LogP contribution in [0.15, 0.2) is 0 Å². The molecule has 0 spiro atoms. The Balaban J connectivity index is 3.19. The van der Waals surface area contributed by atoms with Crippen molar-refractivity contribution < 1.29 is 14.6 Å². The molecule has 0 amide bonds. The molecule has 1 unspecified atom stereocenters. The van der Waals surface area contributed by atoms with Crippen molar-refractivity contribution in [2.75, 3.05) is 26.4 Å². The fraction of sp³-hybridized carbons (Fsp3) is 1.00. The topological polar surface area (TPSA) is 38.7 Å². The van der Waals surface area contributed by atoms with Crippen molar-refractivity contribution in [1.82, 2.24) is 0 Å². The summed E-state index contributed by atoms with van der Waals surface area (Å²) in [4.78, 5) is 0. The Labute approximate surface area is 74.7 Å². The Bertz CT molecular complexity index is 85.8. The highest BCUT2D eigenvalue weighted by Crippen LogP contribution is 2.00. The van der Waals surface area contributed by atoms with E-state index in [1.807, 2.05) is 6.92 Å². The van der Waals surface area contributed by atoms with Crippen LogP contribution in [0.25, 0.3) is 0 Å². The van der Waals surface area contributed by atoms with Gasteiger partial charge < -0.3 is 14.6 Å². The lowest BCUT2D eigenvalue weighted by atomic mass is 10.2. The van der Waals surface area contributed by atoms with E-state index in [4.69, 9.17) is 14.6 Å². The Kier molecular flexibility index (Phi) is 8.88. The predicted octanol–water partition coefficient (Wildman–Crippen LogP) is 1.20. The van der Waals surface area contributed by atoms with Crippen LogP contribution in [0.2, 0.25) is 0 Å². The smallest absolute Gasteiger partial charge is 0.0806 e. The first kappa shape index (κ1) is 11.9. The molecule has 0 saturated heterocycles. The molecule has 0 aromatic heterocycles. The fourth-order valence-corrected chi connectivity index (χ4v) is 0.967. The van der Waals surface area contributed by atoms with Crippen LogP contribution in [-0.4, -0.2) is 37.6 Å². The van der Waals surface area contributed by atoms with Crippen LogP contribution < -0.4 is 0 Å². The third kappa shape index (κ3) is 6.58. The normalized spacial score (nSPS) is 13.2. The van der Waals surface area contributed by atoms with Crippen molar-refractivity contribution in [3.63, 3.8) is 0 Å². The number of hydrogen-bond donors (Lipinski definition) is 1. The van der Waals surface area contributed by atoms with E-state index in [9.17, 15) is 0 Å². The van der Waals surface area contributed by atoms with Gasteiger partial charge in [-0.3, -0.25) is 0 Å². The molecule has 0 heterocycles. The van der Waals surface area contributed by atoms with Gasteiger partial charge in [0.25, 0.3) is 0 Å². The first-order valence-corrected chi connectivity index (χ1v) is 4.65. The quantitative estimate of drug-likeness (QED) is 0.565. The molecule has 0 aliphatic carbocycles. The molecule has 3 heteroatoms. The van der Waals surface area contributed by atoms with Crippen LogP contribution in [0.1, 0.15) is 26.7 Å². The number of ether oxygens (including phenoxy) is 2. The minimum Gasteiger partial charge on any atom is -0.394 e. The maximum Gasteiger partial charge on any atom is 0.0806 e. The zero-order valence-electron chi connectivity index (χ0n) is 8.08. The summed E-state index contributed by atoms with van der Waals surface area (Å²) in [6, 6.07) is 0. The van der Waals surface area contributed by atoms with Crippen LogP contribution in [0.4, 0.5) is 0 Å². The standard InChI is InChI=1S/C9H20O3/c1-3-5-9(8-10)12-7-6-11-4-2/h9-10H,3-8H2,1-2H3. The Morgan fingerprint density at radius 1 is 1.25 bits per heavy atom. The maximum absolute atomic E-state index is 8.85. The number of rotatable bonds is 8. The molecule has 0 fully saturated rings. The van der Waals surface area contributed by atoms with Gasteiger partial charge >= 0.3 is 0 Å². The van der Waals surface area contributed by atoms with Gasteiger partial charge in [0.2, 0.25) is 0 Å². The number of aliphatic hydroxyl groups excluding tert-OH is 1. The molecule has 0 aliphatic rings. The molecular formula is C9H20O3. The largest absolute Gasteiger partial charge is 0.394 e. The van der Waals surface area contributed by atoms with E-state index in [0.717, 1.165) is 19.4 Å². The molecule has 0 aliphatic heterocycles. The molecule has 0 aromatic rings. The summed E-state index contributed by atoms with van der Waals surface area (Å²) in [6.07, 6.45) is 1.96. The molecule has 0 aromatic carbocycles. The van der Waals surface area contributed by atoms with Crippen molar-refractivity contribution in [2.24, 2.45) is 0 Å².